The van der Waals surface area contributed by atoms with Gasteiger partial charge in [0.05, 0.1) is 18.0 Å². The van der Waals surface area contributed by atoms with Gasteiger partial charge in [0.2, 0.25) is 21.2 Å². The van der Waals surface area contributed by atoms with E-state index in [1.54, 1.807) is 0 Å². The molecule has 9 heteroatoms. The number of nitrogens with zero attached hydrogens (tertiary/aromatic N) is 2. The largest absolute Gasteiger partial charge is 0.486 e. The van der Waals surface area contributed by atoms with Gasteiger partial charge in [-0.1, -0.05) is 24.3 Å². The zero-order valence-electron chi connectivity index (χ0n) is 19.9. The number of hydrogen-bond acceptors (Lipinski definition) is 6. The van der Waals surface area contributed by atoms with Crippen LogP contribution in [0.4, 0.5) is 4.39 Å². The van der Waals surface area contributed by atoms with Gasteiger partial charge in [-0.05, 0) is 60.6 Å². The first kappa shape index (κ1) is 24.7. The highest BCUT2D eigenvalue weighted by atomic mass is 32.2. The molecule has 0 saturated carbocycles. The molecule has 0 atom stereocenters. The van der Waals surface area contributed by atoms with E-state index in [1.165, 1.54) is 39.9 Å². The Balaban J connectivity index is 1.12. The molecule has 5 rings (SSSR count). The van der Waals surface area contributed by atoms with Crippen molar-refractivity contribution in [2.45, 2.75) is 37.2 Å². The number of piperidine rings is 1. The number of fused-ring (bicyclic) bond motifs is 1. The molecule has 2 aromatic carbocycles. The van der Waals surface area contributed by atoms with Crippen LogP contribution in [-0.4, -0.2) is 43.9 Å². The van der Waals surface area contributed by atoms with Crippen molar-refractivity contribution in [1.29, 1.82) is 0 Å². The van der Waals surface area contributed by atoms with Crippen LogP contribution < -0.4 is 10.2 Å². The molecule has 1 aromatic heterocycles. The summed E-state index contributed by atoms with van der Waals surface area (Å²) in [7, 11) is -3.65. The average molecular weight is 513 g/mol. The second kappa shape index (κ2) is 10.5. The Bertz CT molecular complexity index is 1370. The van der Waals surface area contributed by atoms with Crippen molar-refractivity contribution in [1.82, 2.24) is 9.21 Å². The molecular weight excluding hydrogens is 483 g/mol. The summed E-state index contributed by atoms with van der Waals surface area (Å²) in [6.07, 6.45) is 3.58. The average Bonchev–Trinajstić information content (AvgIpc) is 2.89. The third-order valence-corrected chi connectivity index (χ3v) is 8.85. The predicted octanol–water partition coefficient (Wildman–Crippen LogP) is 3.82. The van der Waals surface area contributed by atoms with Crippen LogP contribution in [0.5, 0.6) is 5.75 Å². The maximum absolute atomic E-state index is 13.1. The van der Waals surface area contributed by atoms with Gasteiger partial charge in [-0.25, -0.2) is 12.8 Å². The number of hydrogen-bond donors (Lipinski definition) is 0. The topological polar surface area (TPSA) is 80.1 Å². The van der Waals surface area contributed by atoms with Crippen molar-refractivity contribution >= 4 is 10.0 Å². The standard InChI is InChI=1S/C27H29FN2O5S/c28-23-5-7-25(8-6-23)36(32,33)30-13-9-20(10-14-30)18-35-27-19-34-24(15-26(27)31)17-29-12-11-21-3-1-2-4-22(21)16-29/h1-8,15,19-20H,9-14,16-18H2. The van der Waals surface area contributed by atoms with E-state index in [9.17, 15) is 17.6 Å². The molecular formula is C27H29FN2O5S. The Kier molecular flexibility index (Phi) is 7.22. The number of rotatable bonds is 7. The lowest BCUT2D eigenvalue weighted by Crippen LogP contribution is -2.39. The second-order valence-electron chi connectivity index (χ2n) is 9.42. The molecule has 36 heavy (non-hydrogen) atoms. The van der Waals surface area contributed by atoms with E-state index >= 15 is 0 Å². The van der Waals surface area contributed by atoms with Crippen LogP contribution in [0.25, 0.3) is 0 Å². The molecule has 0 unspecified atom stereocenters. The highest BCUT2D eigenvalue weighted by molar-refractivity contribution is 7.89. The maximum atomic E-state index is 13.1. The summed E-state index contributed by atoms with van der Waals surface area (Å²) in [6, 6.07) is 14.8. The summed E-state index contributed by atoms with van der Waals surface area (Å²) in [5, 5.41) is 0. The van der Waals surface area contributed by atoms with Crippen LogP contribution in [0.15, 0.2) is 75.0 Å². The SMILES string of the molecule is O=c1cc(CN2CCc3ccccc3C2)occ1OCC1CCN(S(=O)(=O)c2ccc(F)cc2)CC1. The van der Waals surface area contributed by atoms with Crippen LogP contribution in [-0.2, 0) is 29.5 Å². The smallest absolute Gasteiger partial charge is 0.243 e. The molecule has 0 spiro atoms. The van der Waals surface area contributed by atoms with Gasteiger partial charge >= 0.3 is 0 Å². The summed E-state index contributed by atoms with van der Waals surface area (Å²) < 4.78 is 51.6. The van der Waals surface area contributed by atoms with Crippen molar-refractivity contribution in [3.05, 3.63) is 93.8 Å². The molecule has 2 aliphatic heterocycles. The van der Waals surface area contributed by atoms with Crippen molar-refractivity contribution in [2.75, 3.05) is 26.2 Å². The molecule has 0 aliphatic carbocycles. The normalized spacial score (nSPS) is 17.6. The van der Waals surface area contributed by atoms with Crippen molar-refractivity contribution in [3.8, 4) is 5.75 Å². The van der Waals surface area contributed by atoms with E-state index in [0.29, 0.717) is 44.8 Å². The Morgan fingerprint density at radius 3 is 2.44 bits per heavy atom. The monoisotopic (exact) mass is 512 g/mol. The van der Waals surface area contributed by atoms with Gasteiger partial charge in [-0.15, -0.1) is 0 Å². The minimum Gasteiger partial charge on any atom is -0.486 e. The highest BCUT2D eigenvalue weighted by Crippen LogP contribution is 2.25. The van der Waals surface area contributed by atoms with Gasteiger partial charge in [0.25, 0.3) is 0 Å². The van der Waals surface area contributed by atoms with Gasteiger partial charge in [-0.2, -0.15) is 4.31 Å². The molecule has 0 N–H and O–H groups in total. The molecule has 3 heterocycles. The first-order valence-corrected chi connectivity index (χ1v) is 13.6. The fraction of sp³-hybridized carbons (Fsp3) is 0.370. The summed E-state index contributed by atoms with van der Waals surface area (Å²) in [4.78, 5) is 14.9. The summed E-state index contributed by atoms with van der Waals surface area (Å²) >= 11 is 0. The molecule has 7 nitrogen and oxygen atoms in total. The van der Waals surface area contributed by atoms with Crippen molar-refractivity contribution < 1.29 is 22.0 Å². The fourth-order valence-corrected chi connectivity index (χ4v) is 6.29. The molecule has 0 radical (unpaired) electrons. The third kappa shape index (κ3) is 5.53. The lowest BCUT2D eigenvalue weighted by molar-refractivity contribution is 0.179. The molecule has 2 aliphatic rings. The highest BCUT2D eigenvalue weighted by Gasteiger charge is 2.30. The molecule has 190 valence electrons. The predicted molar refractivity (Wildman–Crippen MR) is 133 cm³/mol. The van der Waals surface area contributed by atoms with E-state index in [1.807, 2.05) is 6.07 Å². The molecule has 1 fully saturated rings. The number of halogens is 1. The van der Waals surface area contributed by atoms with Crippen LogP contribution in [0.3, 0.4) is 0 Å². The van der Waals surface area contributed by atoms with E-state index in [4.69, 9.17) is 9.15 Å². The zero-order chi connectivity index (χ0) is 25.1. The van der Waals surface area contributed by atoms with Crippen molar-refractivity contribution in [2.24, 2.45) is 5.92 Å². The number of benzene rings is 2. The zero-order valence-corrected chi connectivity index (χ0v) is 20.8. The number of ether oxygens (including phenoxy) is 1. The molecule has 0 bridgehead atoms. The first-order valence-electron chi connectivity index (χ1n) is 12.2. The van der Waals surface area contributed by atoms with Crippen LogP contribution in [0.2, 0.25) is 0 Å². The van der Waals surface area contributed by atoms with Crippen LogP contribution in [0, 0.1) is 11.7 Å². The third-order valence-electron chi connectivity index (χ3n) is 6.94. The van der Waals surface area contributed by atoms with Gasteiger partial charge in [-0.3, -0.25) is 9.69 Å². The Labute approximate surface area is 210 Å². The van der Waals surface area contributed by atoms with Crippen molar-refractivity contribution in [3.63, 3.8) is 0 Å². The fourth-order valence-electron chi connectivity index (χ4n) is 4.82. The summed E-state index contributed by atoms with van der Waals surface area (Å²) in [5.41, 5.74) is 2.46. The summed E-state index contributed by atoms with van der Waals surface area (Å²) in [5.74, 6) is 0.423. The van der Waals surface area contributed by atoms with Crippen LogP contribution >= 0.6 is 0 Å². The van der Waals surface area contributed by atoms with E-state index < -0.39 is 15.8 Å². The Hall–Kier alpha value is -3.01. The summed E-state index contributed by atoms with van der Waals surface area (Å²) in [6.45, 7) is 3.31. The van der Waals surface area contributed by atoms with E-state index in [0.717, 1.165) is 31.6 Å². The van der Waals surface area contributed by atoms with Gasteiger partial charge in [0.15, 0.2) is 0 Å². The quantitative estimate of drug-likeness (QED) is 0.479. The molecule has 0 amide bonds. The van der Waals surface area contributed by atoms with E-state index in [-0.39, 0.29) is 22.0 Å². The molecule has 3 aromatic rings. The van der Waals surface area contributed by atoms with E-state index in [2.05, 4.69) is 23.1 Å². The molecule has 1 saturated heterocycles. The van der Waals surface area contributed by atoms with Gasteiger partial charge < -0.3 is 9.15 Å². The minimum absolute atomic E-state index is 0.0880. The maximum Gasteiger partial charge on any atom is 0.243 e. The minimum atomic E-state index is -3.65. The lowest BCUT2D eigenvalue weighted by Gasteiger charge is -2.31. The first-order chi connectivity index (χ1) is 17.4. The van der Waals surface area contributed by atoms with Gasteiger partial charge in [0, 0.05) is 32.2 Å². The van der Waals surface area contributed by atoms with Gasteiger partial charge in [0.1, 0.15) is 17.8 Å². The van der Waals surface area contributed by atoms with Crippen LogP contribution in [0.1, 0.15) is 29.7 Å². The second-order valence-corrected chi connectivity index (χ2v) is 11.4. The lowest BCUT2D eigenvalue weighted by atomic mass is 9.99. The Morgan fingerprint density at radius 2 is 1.72 bits per heavy atom. The number of sulfonamides is 1. The Morgan fingerprint density at radius 1 is 1.00 bits per heavy atom.